The third-order valence-electron chi connectivity index (χ3n) is 6.99. The van der Waals surface area contributed by atoms with Crippen molar-refractivity contribution in [3.63, 3.8) is 0 Å². The Labute approximate surface area is 215 Å². The summed E-state index contributed by atoms with van der Waals surface area (Å²) >= 11 is 0. The molecule has 4 rings (SSSR count). The molecule has 8 heteroatoms. The molecule has 37 heavy (non-hydrogen) atoms. The molecular formula is C29H32F2N2O4. The number of nitrogens with zero attached hydrogens (tertiary/aromatic N) is 1. The molecule has 1 aliphatic carbocycles. The number of halogens is 2. The van der Waals surface area contributed by atoms with E-state index in [1.54, 1.807) is 26.1 Å². The van der Waals surface area contributed by atoms with Crippen molar-refractivity contribution in [1.82, 2.24) is 10.3 Å². The Morgan fingerprint density at radius 3 is 2.32 bits per heavy atom. The largest absolute Gasteiger partial charge is 0.462 e. The molecule has 196 valence electrons. The third kappa shape index (κ3) is 6.24. The molecule has 1 aliphatic heterocycles. The molecule has 1 N–H and O–H groups in total. The molecule has 2 heterocycles. The van der Waals surface area contributed by atoms with Gasteiger partial charge in [0.15, 0.2) is 11.6 Å². The number of hydrogen-bond donors (Lipinski definition) is 1. The van der Waals surface area contributed by atoms with Gasteiger partial charge in [0.1, 0.15) is 0 Å². The molecule has 0 amide bonds. The van der Waals surface area contributed by atoms with Crippen LogP contribution in [0, 0.1) is 17.6 Å². The zero-order chi connectivity index (χ0) is 26.4. The molecule has 0 saturated heterocycles. The first kappa shape index (κ1) is 26.5. The molecule has 1 aromatic heterocycles. The smallest absolute Gasteiger partial charge is 0.336 e. The van der Waals surface area contributed by atoms with Crippen molar-refractivity contribution in [2.24, 2.45) is 5.92 Å². The second kappa shape index (κ2) is 12.1. The number of allylic oxidation sites excluding steroid dienone is 2. The molecule has 1 unspecified atom stereocenters. The molecule has 0 spiro atoms. The van der Waals surface area contributed by atoms with E-state index in [0.29, 0.717) is 17.8 Å². The van der Waals surface area contributed by atoms with Gasteiger partial charge in [0, 0.05) is 35.3 Å². The first-order valence-corrected chi connectivity index (χ1v) is 12.7. The predicted octanol–water partition coefficient (Wildman–Crippen LogP) is 5.50. The SMILES string of the molecule is CC1=C(C(=O)OCCc2ccccn2)C(c2cccc(F)c2F)C(C(=O)OCC2CCCCC2)=C(C)N1. The lowest BCUT2D eigenvalue weighted by Gasteiger charge is -2.31. The lowest BCUT2D eigenvalue weighted by Crippen LogP contribution is -2.33. The molecule has 1 saturated carbocycles. The number of esters is 2. The van der Waals surface area contributed by atoms with Gasteiger partial charge in [0.2, 0.25) is 0 Å². The quantitative estimate of drug-likeness (QED) is 0.473. The monoisotopic (exact) mass is 510 g/mol. The molecule has 2 aliphatic rings. The summed E-state index contributed by atoms with van der Waals surface area (Å²) in [7, 11) is 0. The van der Waals surface area contributed by atoms with Crippen molar-refractivity contribution in [2.75, 3.05) is 13.2 Å². The van der Waals surface area contributed by atoms with Crippen LogP contribution in [0.2, 0.25) is 0 Å². The van der Waals surface area contributed by atoms with Gasteiger partial charge in [0.05, 0.1) is 30.3 Å². The van der Waals surface area contributed by atoms with E-state index >= 15 is 4.39 Å². The highest BCUT2D eigenvalue weighted by atomic mass is 19.2. The lowest BCUT2D eigenvalue weighted by atomic mass is 9.80. The van der Waals surface area contributed by atoms with Gasteiger partial charge in [-0.25, -0.2) is 18.4 Å². The number of rotatable bonds is 8. The fourth-order valence-electron chi connectivity index (χ4n) is 5.09. The minimum atomic E-state index is -1.18. The number of nitrogens with one attached hydrogen (secondary N) is 1. The van der Waals surface area contributed by atoms with Crippen molar-refractivity contribution >= 4 is 11.9 Å². The number of benzene rings is 1. The van der Waals surface area contributed by atoms with E-state index in [-0.39, 0.29) is 35.8 Å². The van der Waals surface area contributed by atoms with E-state index in [0.717, 1.165) is 37.4 Å². The highest BCUT2D eigenvalue weighted by molar-refractivity contribution is 5.99. The van der Waals surface area contributed by atoms with Gasteiger partial charge in [-0.05, 0) is 50.8 Å². The summed E-state index contributed by atoms with van der Waals surface area (Å²) in [5.74, 6) is -4.48. The Balaban J connectivity index is 1.61. The van der Waals surface area contributed by atoms with Crippen molar-refractivity contribution in [3.05, 3.63) is 88.0 Å². The van der Waals surface area contributed by atoms with Gasteiger partial charge >= 0.3 is 11.9 Å². The first-order valence-electron chi connectivity index (χ1n) is 12.7. The Bertz CT molecular complexity index is 1200. The van der Waals surface area contributed by atoms with Crippen LogP contribution in [0.1, 0.15) is 63.1 Å². The Morgan fingerprint density at radius 2 is 1.65 bits per heavy atom. The van der Waals surface area contributed by atoms with Gasteiger partial charge in [-0.15, -0.1) is 0 Å². The van der Waals surface area contributed by atoms with Crippen LogP contribution in [0.25, 0.3) is 0 Å². The normalized spacial score (nSPS) is 18.4. The van der Waals surface area contributed by atoms with Crippen molar-refractivity contribution in [1.29, 1.82) is 0 Å². The average Bonchev–Trinajstić information content (AvgIpc) is 2.89. The van der Waals surface area contributed by atoms with Crippen LogP contribution in [-0.4, -0.2) is 30.1 Å². The third-order valence-corrected chi connectivity index (χ3v) is 6.99. The fraction of sp³-hybridized carbons (Fsp3) is 0.414. The summed E-state index contributed by atoms with van der Waals surface area (Å²) in [6.07, 6.45) is 7.37. The summed E-state index contributed by atoms with van der Waals surface area (Å²) in [6, 6.07) is 9.18. The first-order chi connectivity index (χ1) is 17.9. The number of carbonyl (C=O) groups excluding carboxylic acids is 2. The van der Waals surface area contributed by atoms with E-state index < -0.39 is 29.5 Å². The molecule has 1 aromatic carbocycles. The Morgan fingerprint density at radius 1 is 0.946 bits per heavy atom. The molecule has 1 atom stereocenters. The molecule has 0 bridgehead atoms. The molecule has 2 aromatic rings. The van der Waals surface area contributed by atoms with Crippen LogP contribution in [0.4, 0.5) is 8.78 Å². The highest BCUT2D eigenvalue weighted by Gasteiger charge is 2.40. The number of aromatic nitrogens is 1. The van der Waals surface area contributed by atoms with Gasteiger partial charge in [0.25, 0.3) is 0 Å². The summed E-state index contributed by atoms with van der Waals surface area (Å²) in [4.78, 5) is 30.9. The maximum atomic E-state index is 15.1. The van der Waals surface area contributed by atoms with Gasteiger partial charge in [-0.1, -0.05) is 37.5 Å². The van der Waals surface area contributed by atoms with Crippen LogP contribution < -0.4 is 5.32 Å². The minimum Gasteiger partial charge on any atom is -0.462 e. The minimum absolute atomic E-state index is 0.0368. The maximum Gasteiger partial charge on any atom is 0.336 e. The summed E-state index contributed by atoms with van der Waals surface area (Å²) < 4.78 is 40.6. The second-order valence-corrected chi connectivity index (χ2v) is 9.59. The van der Waals surface area contributed by atoms with E-state index in [4.69, 9.17) is 9.47 Å². The van der Waals surface area contributed by atoms with Crippen molar-refractivity contribution in [3.8, 4) is 0 Å². The van der Waals surface area contributed by atoms with Crippen LogP contribution >= 0.6 is 0 Å². The zero-order valence-corrected chi connectivity index (χ0v) is 21.2. The Kier molecular flexibility index (Phi) is 8.69. The standard InChI is InChI=1S/C29H32F2N2O4/c1-18-24(28(34)36-16-14-21-11-6-7-15-32-21)26(22-12-8-13-23(30)27(22)31)25(19(2)33-18)29(35)37-17-20-9-4-3-5-10-20/h6-8,11-13,15,20,26,33H,3-5,9-10,14,16-17H2,1-2H3. The predicted molar refractivity (Wildman–Crippen MR) is 134 cm³/mol. The summed E-state index contributed by atoms with van der Waals surface area (Å²) in [5.41, 5.74) is 1.56. The van der Waals surface area contributed by atoms with Gasteiger partial charge < -0.3 is 14.8 Å². The van der Waals surface area contributed by atoms with E-state index in [2.05, 4.69) is 10.3 Å². The van der Waals surface area contributed by atoms with E-state index in [9.17, 15) is 14.0 Å². The topological polar surface area (TPSA) is 77.5 Å². The zero-order valence-electron chi connectivity index (χ0n) is 21.2. The molecule has 1 fully saturated rings. The van der Waals surface area contributed by atoms with Crippen LogP contribution in [-0.2, 0) is 25.5 Å². The number of carbonyl (C=O) groups is 2. The van der Waals surface area contributed by atoms with Crippen molar-refractivity contribution < 1.29 is 27.8 Å². The van der Waals surface area contributed by atoms with E-state index in [1.807, 2.05) is 12.1 Å². The van der Waals surface area contributed by atoms with Gasteiger partial charge in [-0.3, -0.25) is 4.98 Å². The number of pyridine rings is 1. The maximum absolute atomic E-state index is 15.1. The number of hydrogen-bond acceptors (Lipinski definition) is 6. The summed E-state index contributed by atoms with van der Waals surface area (Å²) in [6.45, 7) is 3.59. The average molecular weight is 511 g/mol. The highest BCUT2D eigenvalue weighted by Crippen LogP contribution is 2.41. The number of dihydropyridines is 1. The second-order valence-electron chi connectivity index (χ2n) is 9.59. The van der Waals surface area contributed by atoms with Crippen LogP contribution in [0.3, 0.4) is 0 Å². The lowest BCUT2D eigenvalue weighted by molar-refractivity contribution is -0.141. The molecular weight excluding hydrogens is 478 g/mol. The molecule has 6 nitrogen and oxygen atoms in total. The van der Waals surface area contributed by atoms with Crippen LogP contribution in [0.15, 0.2) is 65.1 Å². The fourth-order valence-corrected chi connectivity index (χ4v) is 5.09. The summed E-state index contributed by atoms with van der Waals surface area (Å²) in [5, 5.41) is 3.05. The van der Waals surface area contributed by atoms with Crippen molar-refractivity contribution in [2.45, 2.75) is 58.3 Å². The molecule has 0 radical (unpaired) electrons. The van der Waals surface area contributed by atoms with E-state index in [1.165, 1.54) is 18.6 Å². The Hall–Kier alpha value is -3.55. The number of ether oxygens (including phenoxy) is 2. The van der Waals surface area contributed by atoms with Crippen LogP contribution in [0.5, 0.6) is 0 Å². The van der Waals surface area contributed by atoms with Gasteiger partial charge in [-0.2, -0.15) is 0 Å².